The van der Waals surface area contributed by atoms with Gasteiger partial charge < -0.3 is 20.8 Å². The Balaban J connectivity index is 2.56. The first-order valence-corrected chi connectivity index (χ1v) is 9.95. The monoisotopic (exact) mass is 370 g/mol. The van der Waals surface area contributed by atoms with Gasteiger partial charge in [-0.3, -0.25) is 9.59 Å². The van der Waals surface area contributed by atoms with E-state index in [1.165, 1.54) is 0 Å². The van der Waals surface area contributed by atoms with Gasteiger partial charge in [0.25, 0.3) is 11.8 Å². The Bertz CT molecular complexity index is 511. The van der Waals surface area contributed by atoms with Gasteiger partial charge in [-0.2, -0.15) is 0 Å². The van der Waals surface area contributed by atoms with Crippen LogP contribution in [0.1, 0.15) is 84.6 Å². The molecule has 1 aromatic rings. The summed E-state index contributed by atoms with van der Waals surface area (Å²) >= 11 is 0.815. The molecule has 0 aliphatic rings. The van der Waals surface area contributed by atoms with E-state index in [1.807, 2.05) is 0 Å². The number of carbonyl (C=O) groups is 2. The zero-order valence-corrected chi connectivity index (χ0v) is 16.0. The molecule has 0 aromatic carbocycles. The van der Waals surface area contributed by atoms with E-state index >= 15 is 0 Å². The third-order valence-electron chi connectivity index (χ3n) is 3.90. The average molecular weight is 371 g/mol. The molecule has 1 aromatic heterocycles. The SMILES string of the molecule is CCCCCCNC(=O)c1sc(C(=O)NCCCCCC)c(O)c1O. The Morgan fingerprint density at radius 2 is 1.16 bits per heavy atom. The third kappa shape index (κ3) is 6.94. The summed E-state index contributed by atoms with van der Waals surface area (Å²) in [6.45, 7) is 5.24. The van der Waals surface area contributed by atoms with E-state index in [0.29, 0.717) is 13.1 Å². The van der Waals surface area contributed by atoms with E-state index in [-0.39, 0.29) is 9.75 Å². The molecule has 142 valence electrons. The van der Waals surface area contributed by atoms with Gasteiger partial charge >= 0.3 is 0 Å². The van der Waals surface area contributed by atoms with Gasteiger partial charge in [0, 0.05) is 13.1 Å². The molecule has 0 spiro atoms. The van der Waals surface area contributed by atoms with Gasteiger partial charge in [-0.25, -0.2) is 0 Å². The van der Waals surface area contributed by atoms with E-state index in [2.05, 4.69) is 24.5 Å². The molecule has 1 rings (SSSR count). The summed E-state index contributed by atoms with van der Waals surface area (Å²) in [7, 11) is 0. The Hall–Kier alpha value is -1.76. The molecule has 1 heterocycles. The van der Waals surface area contributed by atoms with Crippen molar-refractivity contribution in [1.82, 2.24) is 10.6 Å². The molecule has 0 aliphatic carbocycles. The molecule has 6 nitrogen and oxygen atoms in total. The highest BCUT2D eigenvalue weighted by Gasteiger charge is 2.25. The molecule has 0 fully saturated rings. The second kappa shape index (κ2) is 11.7. The van der Waals surface area contributed by atoms with Gasteiger partial charge in [0.05, 0.1) is 0 Å². The van der Waals surface area contributed by atoms with Gasteiger partial charge in [-0.1, -0.05) is 52.4 Å². The van der Waals surface area contributed by atoms with Crippen molar-refractivity contribution in [1.29, 1.82) is 0 Å². The van der Waals surface area contributed by atoms with E-state index in [0.717, 1.165) is 62.7 Å². The van der Waals surface area contributed by atoms with Crippen LogP contribution in [0, 0.1) is 0 Å². The van der Waals surface area contributed by atoms with Crippen LogP contribution >= 0.6 is 11.3 Å². The molecular formula is C18H30N2O4S. The predicted molar refractivity (Wildman–Crippen MR) is 101 cm³/mol. The molecular weight excluding hydrogens is 340 g/mol. The van der Waals surface area contributed by atoms with E-state index in [1.54, 1.807) is 0 Å². The zero-order valence-electron chi connectivity index (χ0n) is 15.2. The van der Waals surface area contributed by atoms with Gasteiger partial charge in [-0.05, 0) is 12.8 Å². The minimum atomic E-state index is -0.521. The standard InChI is InChI=1S/C18H30N2O4S/c1-3-5-7-9-11-19-17(23)15-13(21)14(22)16(25-15)18(24)20-12-10-8-6-4-2/h21-22H,3-12H2,1-2H3,(H,19,23)(H,20,24). The lowest BCUT2D eigenvalue weighted by Crippen LogP contribution is -2.24. The Morgan fingerprint density at radius 1 is 0.760 bits per heavy atom. The van der Waals surface area contributed by atoms with Crippen molar-refractivity contribution >= 4 is 23.2 Å². The molecule has 7 heteroatoms. The van der Waals surface area contributed by atoms with E-state index in [9.17, 15) is 19.8 Å². The van der Waals surface area contributed by atoms with Crippen LogP contribution in [-0.2, 0) is 0 Å². The fourth-order valence-electron chi connectivity index (χ4n) is 2.39. The highest BCUT2D eigenvalue weighted by molar-refractivity contribution is 7.16. The van der Waals surface area contributed by atoms with Crippen molar-refractivity contribution in [3.05, 3.63) is 9.75 Å². The number of carbonyl (C=O) groups excluding carboxylic acids is 2. The maximum atomic E-state index is 12.1. The number of aromatic hydroxyl groups is 2. The highest BCUT2D eigenvalue weighted by Crippen LogP contribution is 2.40. The van der Waals surface area contributed by atoms with Gasteiger partial charge in [0.15, 0.2) is 11.5 Å². The molecule has 0 bridgehead atoms. The Labute approximate surface area is 153 Å². The van der Waals surface area contributed by atoms with Crippen molar-refractivity contribution in [2.45, 2.75) is 65.2 Å². The lowest BCUT2D eigenvalue weighted by atomic mass is 10.2. The quantitative estimate of drug-likeness (QED) is 0.421. The first-order chi connectivity index (χ1) is 12.0. The first kappa shape index (κ1) is 21.3. The van der Waals surface area contributed by atoms with Gasteiger partial charge in [-0.15, -0.1) is 11.3 Å². The van der Waals surface area contributed by atoms with Crippen LogP contribution in [0.2, 0.25) is 0 Å². The van der Waals surface area contributed by atoms with Crippen LogP contribution in [0.4, 0.5) is 0 Å². The highest BCUT2D eigenvalue weighted by atomic mass is 32.1. The summed E-state index contributed by atoms with van der Waals surface area (Å²) in [6.07, 6.45) is 8.25. The molecule has 0 saturated carbocycles. The fraction of sp³-hybridized carbons (Fsp3) is 0.667. The topological polar surface area (TPSA) is 98.7 Å². The number of thiophene rings is 1. The molecule has 0 radical (unpaired) electrons. The summed E-state index contributed by atoms with van der Waals surface area (Å²) < 4.78 is 0. The second-order valence-corrected chi connectivity index (χ2v) is 7.11. The minimum absolute atomic E-state index is 0.0240. The first-order valence-electron chi connectivity index (χ1n) is 9.14. The lowest BCUT2D eigenvalue weighted by molar-refractivity contribution is 0.0945. The summed E-state index contributed by atoms with van der Waals surface area (Å²) in [4.78, 5) is 24.2. The Morgan fingerprint density at radius 3 is 1.52 bits per heavy atom. The predicted octanol–water partition coefficient (Wildman–Crippen LogP) is 3.78. The summed E-state index contributed by atoms with van der Waals surface area (Å²) in [5, 5.41) is 25.3. The molecule has 0 aliphatic heterocycles. The maximum absolute atomic E-state index is 12.1. The van der Waals surface area contributed by atoms with Gasteiger partial charge in [0.1, 0.15) is 9.75 Å². The molecule has 0 unspecified atom stereocenters. The largest absolute Gasteiger partial charge is 0.503 e. The normalized spacial score (nSPS) is 10.6. The molecule has 4 N–H and O–H groups in total. The fourth-order valence-corrected chi connectivity index (χ4v) is 3.31. The Kier molecular flexibility index (Phi) is 9.99. The van der Waals surface area contributed by atoms with Crippen LogP contribution in [0.3, 0.4) is 0 Å². The van der Waals surface area contributed by atoms with Crippen LogP contribution in [0.15, 0.2) is 0 Å². The van der Waals surface area contributed by atoms with Gasteiger partial charge in [0.2, 0.25) is 0 Å². The number of nitrogens with one attached hydrogen (secondary N) is 2. The van der Waals surface area contributed by atoms with Crippen molar-refractivity contribution < 1.29 is 19.8 Å². The van der Waals surface area contributed by atoms with E-state index in [4.69, 9.17) is 0 Å². The van der Waals surface area contributed by atoms with Crippen LogP contribution < -0.4 is 10.6 Å². The molecule has 0 saturated heterocycles. The van der Waals surface area contributed by atoms with Crippen LogP contribution in [0.5, 0.6) is 11.5 Å². The van der Waals surface area contributed by atoms with Crippen molar-refractivity contribution in [2.75, 3.05) is 13.1 Å². The second-order valence-electron chi connectivity index (χ2n) is 6.09. The number of rotatable bonds is 12. The summed E-state index contributed by atoms with van der Waals surface area (Å²) in [6, 6.07) is 0. The minimum Gasteiger partial charge on any atom is -0.503 e. The maximum Gasteiger partial charge on any atom is 0.265 e. The number of hydrogen-bond acceptors (Lipinski definition) is 5. The van der Waals surface area contributed by atoms with Crippen molar-refractivity contribution in [3.8, 4) is 11.5 Å². The number of hydrogen-bond donors (Lipinski definition) is 4. The lowest BCUT2D eigenvalue weighted by Gasteiger charge is -2.03. The third-order valence-corrected chi connectivity index (χ3v) is 5.07. The van der Waals surface area contributed by atoms with E-state index < -0.39 is 23.3 Å². The number of unbranched alkanes of at least 4 members (excludes halogenated alkanes) is 6. The van der Waals surface area contributed by atoms with Crippen molar-refractivity contribution in [3.63, 3.8) is 0 Å². The molecule has 25 heavy (non-hydrogen) atoms. The summed E-state index contributed by atoms with van der Waals surface area (Å²) in [5.74, 6) is -1.97. The van der Waals surface area contributed by atoms with Crippen LogP contribution in [0.25, 0.3) is 0 Å². The van der Waals surface area contributed by atoms with Crippen molar-refractivity contribution in [2.24, 2.45) is 0 Å². The average Bonchev–Trinajstić information content (AvgIpc) is 2.90. The number of amides is 2. The summed E-state index contributed by atoms with van der Waals surface area (Å²) in [5.41, 5.74) is 0. The molecule has 2 amide bonds. The smallest absolute Gasteiger partial charge is 0.265 e. The van der Waals surface area contributed by atoms with Crippen LogP contribution in [-0.4, -0.2) is 35.1 Å². The molecule has 0 atom stereocenters. The zero-order chi connectivity index (χ0) is 18.7.